The number of hydrogen-bond acceptors (Lipinski definition) is 4. The first-order valence-corrected chi connectivity index (χ1v) is 10.6. The molecule has 1 fully saturated rings. The van der Waals surface area contributed by atoms with Crippen LogP contribution in [0, 0.1) is 11.7 Å². The lowest BCUT2D eigenvalue weighted by Gasteiger charge is -2.30. The highest BCUT2D eigenvalue weighted by atomic mass is 32.2. The van der Waals surface area contributed by atoms with E-state index < -0.39 is 21.7 Å². The van der Waals surface area contributed by atoms with E-state index in [4.69, 9.17) is 5.73 Å². The number of amides is 2. The van der Waals surface area contributed by atoms with Gasteiger partial charge in [0, 0.05) is 24.7 Å². The summed E-state index contributed by atoms with van der Waals surface area (Å²) < 4.78 is 39.7. The number of anilines is 1. The normalized spacial score (nSPS) is 15.8. The van der Waals surface area contributed by atoms with E-state index >= 15 is 0 Å². The summed E-state index contributed by atoms with van der Waals surface area (Å²) in [6.45, 7) is 0.435. The predicted molar refractivity (Wildman–Crippen MR) is 106 cm³/mol. The molecule has 0 aliphatic carbocycles. The van der Waals surface area contributed by atoms with Gasteiger partial charge in [-0.25, -0.2) is 12.8 Å². The Morgan fingerprint density at radius 2 is 1.62 bits per heavy atom. The molecule has 0 saturated carbocycles. The molecule has 3 N–H and O–H groups in total. The fourth-order valence-corrected chi connectivity index (χ4v) is 4.74. The van der Waals surface area contributed by atoms with Crippen LogP contribution in [-0.4, -0.2) is 37.6 Å². The summed E-state index contributed by atoms with van der Waals surface area (Å²) in [4.78, 5) is 23.5. The number of benzene rings is 2. The Kier molecular flexibility index (Phi) is 6.29. The molecule has 0 atom stereocenters. The maximum absolute atomic E-state index is 13.0. The van der Waals surface area contributed by atoms with Gasteiger partial charge in [-0.1, -0.05) is 12.1 Å². The zero-order valence-electron chi connectivity index (χ0n) is 15.7. The highest BCUT2D eigenvalue weighted by Crippen LogP contribution is 2.25. The summed E-state index contributed by atoms with van der Waals surface area (Å²) >= 11 is 0. The van der Waals surface area contributed by atoms with Crippen molar-refractivity contribution in [3.05, 3.63) is 59.9 Å². The molecule has 1 saturated heterocycles. The molecule has 0 radical (unpaired) electrons. The highest BCUT2D eigenvalue weighted by molar-refractivity contribution is 7.89. The Labute approximate surface area is 168 Å². The largest absolute Gasteiger partial charge is 0.369 e. The molecule has 1 heterocycles. The van der Waals surface area contributed by atoms with Crippen LogP contribution < -0.4 is 11.1 Å². The van der Waals surface area contributed by atoms with Gasteiger partial charge in [0.1, 0.15) is 5.82 Å². The zero-order valence-corrected chi connectivity index (χ0v) is 16.5. The smallest absolute Gasteiger partial charge is 0.243 e. The molecule has 2 aromatic rings. The van der Waals surface area contributed by atoms with E-state index in [-0.39, 0.29) is 36.2 Å². The van der Waals surface area contributed by atoms with Crippen LogP contribution in [-0.2, 0) is 26.0 Å². The first kappa shape index (κ1) is 20.9. The molecule has 7 nitrogen and oxygen atoms in total. The Morgan fingerprint density at radius 3 is 2.17 bits per heavy atom. The van der Waals surface area contributed by atoms with E-state index in [1.165, 1.54) is 16.4 Å². The van der Waals surface area contributed by atoms with E-state index in [1.54, 1.807) is 24.3 Å². The van der Waals surface area contributed by atoms with Gasteiger partial charge < -0.3 is 11.1 Å². The maximum atomic E-state index is 13.0. The van der Waals surface area contributed by atoms with Crippen molar-refractivity contribution in [3.63, 3.8) is 0 Å². The van der Waals surface area contributed by atoms with Gasteiger partial charge in [0.05, 0.1) is 11.3 Å². The molecule has 0 spiro atoms. The maximum Gasteiger partial charge on any atom is 0.243 e. The number of piperidine rings is 1. The van der Waals surface area contributed by atoms with Gasteiger partial charge in [-0.2, -0.15) is 4.31 Å². The van der Waals surface area contributed by atoms with Crippen molar-refractivity contribution in [2.75, 3.05) is 18.4 Å². The molecule has 154 valence electrons. The number of carbonyl (C=O) groups is 2. The summed E-state index contributed by atoms with van der Waals surface area (Å²) in [7, 11) is -3.70. The Balaban J connectivity index is 1.56. The van der Waals surface area contributed by atoms with E-state index in [0.717, 1.165) is 17.7 Å². The summed E-state index contributed by atoms with van der Waals surface area (Å²) in [5.41, 5.74) is 6.51. The first-order chi connectivity index (χ1) is 13.8. The van der Waals surface area contributed by atoms with Crippen molar-refractivity contribution in [2.45, 2.75) is 24.2 Å². The summed E-state index contributed by atoms with van der Waals surface area (Å²) in [6.07, 6.45) is 0.924. The van der Waals surface area contributed by atoms with Gasteiger partial charge in [-0.15, -0.1) is 0 Å². The number of carbonyl (C=O) groups excluding carboxylic acids is 2. The van der Waals surface area contributed by atoms with Crippen molar-refractivity contribution in [1.82, 2.24) is 4.31 Å². The molecular formula is C20H22FN3O4S. The Morgan fingerprint density at radius 1 is 1.03 bits per heavy atom. The molecule has 29 heavy (non-hydrogen) atoms. The average Bonchev–Trinajstić information content (AvgIpc) is 2.69. The van der Waals surface area contributed by atoms with Gasteiger partial charge in [-0.3, -0.25) is 9.59 Å². The molecule has 0 bridgehead atoms. The van der Waals surface area contributed by atoms with Crippen LogP contribution in [0.4, 0.5) is 10.1 Å². The number of halogens is 1. The van der Waals surface area contributed by atoms with E-state index in [9.17, 15) is 22.4 Å². The lowest BCUT2D eigenvalue weighted by molar-refractivity contribution is -0.121. The summed E-state index contributed by atoms with van der Waals surface area (Å²) in [5.74, 6) is -1.41. The fourth-order valence-electron chi connectivity index (χ4n) is 3.27. The van der Waals surface area contributed by atoms with E-state index in [0.29, 0.717) is 18.5 Å². The number of primary amides is 1. The second-order valence-electron chi connectivity index (χ2n) is 6.96. The van der Waals surface area contributed by atoms with Crippen LogP contribution >= 0.6 is 0 Å². The van der Waals surface area contributed by atoms with Crippen LogP contribution in [0.25, 0.3) is 0 Å². The third-order valence-corrected chi connectivity index (χ3v) is 6.79. The standard InChI is InChI=1S/C20H22FN3O4S/c21-16-3-7-18(8-4-16)29(27,28)24-11-9-15(10-12-24)20(26)23-17-5-1-14(2-6-17)13-19(22)25/h1-8,15H,9-13H2,(H2,22,25)(H,23,26). The number of nitrogens with two attached hydrogens (primary N) is 1. The number of rotatable bonds is 6. The summed E-state index contributed by atoms with van der Waals surface area (Å²) in [5, 5.41) is 2.82. The molecule has 0 unspecified atom stereocenters. The minimum atomic E-state index is -3.70. The van der Waals surface area contributed by atoms with Crippen LogP contribution in [0.5, 0.6) is 0 Å². The van der Waals surface area contributed by atoms with Crippen LogP contribution in [0.15, 0.2) is 53.4 Å². The van der Waals surface area contributed by atoms with Crippen molar-refractivity contribution in [3.8, 4) is 0 Å². The zero-order chi connectivity index (χ0) is 21.0. The molecule has 2 aromatic carbocycles. The Hall–Kier alpha value is -2.78. The van der Waals surface area contributed by atoms with E-state index in [1.807, 2.05) is 0 Å². The SMILES string of the molecule is NC(=O)Cc1ccc(NC(=O)C2CCN(S(=O)(=O)c3ccc(F)cc3)CC2)cc1. The number of nitrogens with zero attached hydrogens (tertiary/aromatic N) is 1. The molecule has 3 rings (SSSR count). The Bertz CT molecular complexity index is 983. The monoisotopic (exact) mass is 419 g/mol. The van der Waals surface area contributed by atoms with Gasteiger partial charge >= 0.3 is 0 Å². The molecule has 9 heteroatoms. The third-order valence-electron chi connectivity index (χ3n) is 4.88. The minimum Gasteiger partial charge on any atom is -0.369 e. The van der Waals surface area contributed by atoms with Gasteiger partial charge in [0.2, 0.25) is 21.8 Å². The lowest BCUT2D eigenvalue weighted by Crippen LogP contribution is -2.41. The molecule has 1 aliphatic heterocycles. The van der Waals surface area contributed by atoms with Crippen LogP contribution in [0.3, 0.4) is 0 Å². The van der Waals surface area contributed by atoms with Gasteiger partial charge in [0.25, 0.3) is 0 Å². The minimum absolute atomic E-state index is 0.0397. The summed E-state index contributed by atoms with van der Waals surface area (Å²) in [6, 6.07) is 11.5. The molecule has 0 aromatic heterocycles. The number of sulfonamides is 1. The topological polar surface area (TPSA) is 110 Å². The van der Waals surface area contributed by atoms with Crippen LogP contribution in [0.2, 0.25) is 0 Å². The second-order valence-corrected chi connectivity index (χ2v) is 8.90. The second kappa shape index (κ2) is 8.71. The molecule has 1 aliphatic rings. The van der Waals surface area contributed by atoms with Crippen molar-refractivity contribution >= 4 is 27.5 Å². The van der Waals surface area contributed by atoms with Crippen LogP contribution in [0.1, 0.15) is 18.4 Å². The van der Waals surface area contributed by atoms with Gasteiger partial charge in [-0.05, 0) is 54.8 Å². The lowest BCUT2D eigenvalue weighted by atomic mass is 9.97. The van der Waals surface area contributed by atoms with Crippen molar-refractivity contribution < 1.29 is 22.4 Å². The van der Waals surface area contributed by atoms with Gasteiger partial charge in [0.15, 0.2) is 0 Å². The fraction of sp³-hybridized carbons (Fsp3) is 0.300. The highest BCUT2D eigenvalue weighted by Gasteiger charge is 2.32. The van der Waals surface area contributed by atoms with Crippen molar-refractivity contribution in [2.24, 2.45) is 11.7 Å². The first-order valence-electron chi connectivity index (χ1n) is 9.19. The predicted octanol–water partition coefficient (Wildman–Crippen LogP) is 1.89. The third kappa shape index (κ3) is 5.18. The average molecular weight is 419 g/mol. The molecular weight excluding hydrogens is 397 g/mol. The molecule has 2 amide bonds. The quantitative estimate of drug-likeness (QED) is 0.745. The van der Waals surface area contributed by atoms with Crippen molar-refractivity contribution in [1.29, 1.82) is 0 Å². The number of nitrogens with one attached hydrogen (secondary N) is 1. The van der Waals surface area contributed by atoms with E-state index in [2.05, 4.69) is 5.32 Å². The number of hydrogen-bond donors (Lipinski definition) is 2.